The number of benzene rings is 1. The van der Waals surface area contributed by atoms with Crippen LogP contribution in [0.25, 0.3) is 6.08 Å². The zero-order valence-electron chi connectivity index (χ0n) is 12.9. The minimum absolute atomic E-state index is 0.0934. The van der Waals surface area contributed by atoms with Crippen LogP contribution in [-0.4, -0.2) is 24.3 Å². The van der Waals surface area contributed by atoms with Gasteiger partial charge in [-0.1, -0.05) is 0 Å². The molecule has 0 radical (unpaired) electrons. The molecular formula is C18H15NO5. The Morgan fingerprint density at radius 2 is 2.17 bits per heavy atom. The van der Waals surface area contributed by atoms with Crippen molar-refractivity contribution < 1.29 is 23.5 Å². The number of carbonyl (C=O) groups excluding carboxylic acids is 3. The first-order chi connectivity index (χ1) is 11.5. The van der Waals surface area contributed by atoms with Crippen molar-refractivity contribution in [3.05, 3.63) is 59.6 Å². The summed E-state index contributed by atoms with van der Waals surface area (Å²) in [6.07, 6.45) is 4.14. The number of nitrogens with one attached hydrogen (secondary N) is 1. The van der Waals surface area contributed by atoms with Crippen molar-refractivity contribution in [2.75, 3.05) is 11.9 Å². The predicted molar refractivity (Wildman–Crippen MR) is 86.5 cm³/mol. The summed E-state index contributed by atoms with van der Waals surface area (Å²) in [5, 5.41) is 2.74. The number of ketones is 1. The molecule has 0 fully saturated rings. The normalized spacial score (nSPS) is 16.0. The van der Waals surface area contributed by atoms with Gasteiger partial charge in [-0.2, -0.15) is 0 Å². The number of ether oxygens (including phenoxy) is 1. The van der Waals surface area contributed by atoms with Crippen LogP contribution in [0.4, 0.5) is 5.69 Å². The molecule has 0 bridgehead atoms. The third-order valence-corrected chi connectivity index (χ3v) is 3.76. The summed E-state index contributed by atoms with van der Waals surface area (Å²) in [5.41, 5.74) is 1.89. The molecule has 6 nitrogen and oxygen atoms in total. The lowest BCUT2D eigenvalue weighted by atomic mass is 9.99. The second-order valence-corrected chi connectivity index (χ2v) is 5.39. The molecule has 0 spiro atoms. The molecule has 1 atom stereocenters. The van der Waals surface area contributed by atoms with E-state index in [0.717, 1.165) is 5.56 Å². The largest absolute Gasteiger partial charge is 0.465 e. The zero-order chi connectivity index (χ0) is 17.1. The van der Waals surface area contributed by atoms with Crippen molar-refractivity contribution >= 4 is 29.4 Å². The molecule has 1 aliphatic rings. The lowest BCUT2D eigenvalue weighted by Gasteiger charge is -2.05. The lowest BCUT2D eigenvalue weighted by molar-refractivity contribution is -0.136. The maximum absolute atomic E-state index is 12.1. The highest BCUT2D eigenvalue weighted by atomic mass is 16.5. The quantitative estimate of drug-likeness (QED) is 0.519. The van der Waals surface area contributed by atoms with Crippen LogP contribution in [-0.2, 0) is 14.3 Å². The molecule has 1 N–H and O–H groups in total. The van der Waals surface area contributed by atoms with Gasteiger partial charge in [0.25, 0.3) is 0 Å². The van der Waals surface area contributed by atoms with E-state index < -0.39 is 5.97 Å². The predicted octanol–water partition coefficient (Wildman–Crippen LogP) is 2.77. The number of anilines is 1. The van der Waals surface area contributed by atoms with Gasteiger partial charge in [-0.05, 0) is 48.9 Å². The Balaban J connectivity index is 1.60. The van der Waals surface area contributed by atoms with Gasteiger partial charge in [-0.3, -0.25) is 9.59 Å². The van der Waals surface area contributed by atoms with E-state index in [4.69, 9.17) is 9.15 Å². The maximum atomic E-state index is 12.1. The van der Waals surface area contributed by atoms with Crippen LogP contribution in [0.15, 0.2) is 47.1 Å². The first-order valence-electron chi connectivity index (χ1n) is 7.41. The number of amides is 1. The number of Topliss-reactive ketones (excluding diaryl/α,β-unsaturated/α-hetero) is 1. The molecule has 2 aromatic rings. The van der Waals surface area contributed by atoms with E-state index in [1.807, 2.05) is 0 Å². The molecule has 1 aromatic carbocycles. The Morgan fingerprint density at radius 3 is 2.92 bits per heavy atom. The first-order valence-corrected chi connectivity index (χ1v) is 7.41. The number of rotatable bonds is 5. The highest BCUT2D eigenvalue weighted by molar-refractivity contribution is 6.05. The smallest absolute Gasteiger partial charge is 0.331 e. The molecular weight excluding hydrogens is 310 g/mol. The van der Waals surface area contributed by atoms with E-state index in [2.05, 4.69) is 5.32 Å². The van der Waals surface area contributed by atoms with E-state index in [1.54, 1.807) is 37.3 Å². The Bertz CT molecular complexity index is 820. The van der Waals surface area contributed by atoms with Crippen LogP contribution in [0.3, 0.4) is 0 Å². The van der Waals surface area contributed by atoms with Crippen LogP contribution in [0.2, 0.25) is 0 Å². The zero-order valence-corrected chi connectivity index (χ0v) is 12.9. The van der Waals surface area contributed by atoms with Crippen molar-refractivity contribution in [3.63, 3.8) is 0 Å². The van der Waals surface area contributed by atoms with Gasteiger partial charge in [0, 0.05) is 17.3 Å². The number of furan rings is 1. The summed E-state index contributed by atoms with van der Waals surface area (Å²) in [4.78, 5) is 35.4. The molecule has 6 heteroatoms. The summed E-state index contributed by atoms with van der Waals surface area (Å²) < 4.78 is 9.97. The highest BCUT2D eigenvalue weighted by Gasteiger charge is 2.27. The number of carbonyl (C=O) groups is 3. The first kappa shape index (κ1) is 15.7. The highest BCUT2D eigenvalue weighted by Crippen LogP contribution is 2.32. The van der Waals surface area contributed by atoms with E-state index >= 15 is 0 Å². The molecule has 24 heavy (non-hydrogen) atoms. The maximum Gasteiger partial charge on any atom is 0.331 e. The van der Waals surface area contributed by atoms with E-state index in [9.17, 15) is 14.4 Å². The SMILES string of the molecule is C[C@H]1C(=O)Nc2ccc(C(=O)COC(=O)/C=C/c3ccco3)cc21. The average molecular weight is 325 g/mol. The van der Waals surface area contributed by atoms with Crippen LogP contribution >= 0.6 is 0 Å². The number of hydrogen-bond acceptors (Lipinski definition) is 5. The summed E-state index contributed by atoms with van der Waals surface area (Å²) in [6.45, 7) is 1.41. The van der Waals surface area contributed by atoms with Gasteiger partial charge in [-0.15, -0.1) is 0 Å². The van der Waals surface area contributed by atoms with Crippen molar-refractivity contribution in [3.8, 4) is 0 Å². The summed E-state index contributed by atoms with van der Waals surface area (Å²) >= 11 is 0. The molecule has 2 heterocycles. The Kier molecular flexibility index (Phi) is 4.29. The van der Waals surface area contributed by atoms with Crippen molar-refractivity contribution in [2.45, 2.75) is 12.8 Å². The van der Waals surface area contributed by atoms with E-state index in [1.165, 1.54) is 18.4 Å². The second-order valence-electron chi connectivity index (χ2n) is 5.39. The fraction of sp³-hybridized carbons (Fsp3) is 0.167. The van der Waals surface area contributed by atoms with Crippen molar-refractivity contribution in [1.29, 1.82) is 0 Å². The molecule has 122 valence electrons. The molecule has 3 rings (SSSR count). The van der Waals surface area contributed by atoms with E-state index in [0.29, 0.717) is 17.0 Å². The number of fused-ring (bicyclic) bond motifs is 1. The standard InChI is InChI=1S/C18H15NO5/c1-11-14-9-12(4-6-15(14)19-18(11)22)16(20)10-24-17(21)7-5-13-3-2-8-23-13/h2-9,11H,10H2,1H3,(H,19,22)/b7-5+/t11-/m1/s1. The van der Waals surface area contributed by atoms with Crippen LogP contribution in [0.1, 0.15) is 34.5 Å². The Morgan fingerprint density at radius 1 is 1.33 bits per heavy atom. The minimum Gasteiger partial charge on any atom is -0.465 e. The molecule has 0 saturated carbocycles. The van der Waals surface area contributed by atoms with E-state index in [-0.39, 0.29) is 24.2 Å². The number of hydrogen-bond donors (Lipinski definition) is 1. The van der Waals surface area contributed by atoms with Gasteiger partial charge in [0.05, 0.1) is 12.2 Å². The Hall–Kier alpha value is -3.15. The molecule has 1 aromatic heterocycles. The minimum atomic E-state index is -0.633. The summed E-state index contributed by atoms with van der Waals surface area (Å²) in [7, 11) is 0. The van der Waals surface area contributed by atoms with Gasteiger partial charge in [0.1, 0.15) is 5.76 Å². The monoisotopic (exact) mass is 325 g/mol. The van der Waals surface area contributed by atoms with Gasteiger partial charge in [0.15, 0.2) is 12.4 Å². The fourth-order valence-corrected chi connectivity index (χ4v) is 2.39. The average Bonchev–Trinajstić information content (AvgIpc) is 3.19. The van der Waals surface area contributed by atoms with Gasteiger partial charge < -0.3 is 14.5 Å². The van der Waals surface area contributed by atoms with Crippen molar-refractivity contribution in [1.82, 2.24) is 0 Å². The van der Waals surface area contributed by atoms with Gasteiger partial charge in [0.2, 0.25) is 5.91 Å². The lowest BCUT2D eigenvalue weighted by Crippen LogP contribution is -2.12. The van der Waals surface area contributed by atoms with Crippen LogP contribution < -0.4 is 5.32 Å². The molecule has 0 unspecified atom stereocenters. The van der Waals surface area contributed by atoms with Crippen LogP contribution in [0, 0.1) is 0 Å². The van der Waals surface area contributed by atoms with Gasteiger partial charge >= 0.3 is 5.97 Å². The molecule has 1 amide bonds. The summed E-state index contributed by atoms with van der Waals surface area (Å²) in [5.74, 6) is -0.839. The second kappa shape index (κ2) is 6.54. The summed E-state index contributed by atoms with van der Waals surface area (Å²) in [6, 6.07) is 8.33. The topological polar surface area (TPSA) is 85.6 Å². The number of esters is 1. The third-order valence-electron chi connectivity index (χ3n) is 3.76. The third kappa shape index (κ3) is 3.27. The molecule has 0 saturated heterocycles. The van der Waals surface area contributed by atoms with Gasteiger partial charge in [-0.25, -0.2) is 4.79 Å². The van der Waals surface area contributed by atoms with Crippen molar-refractivity contribution in [2.24, 2.45) is 0 Å². The molecule has 0 aliphatic carbocycles. The van der Waals surface area contributed by atoms with Crippen LogP contribution in [0.5, 0.6) is 0 Å². The molecule has 1 aliphatic heterocycles. The fourth-order valence-electron chi connectivity index (χ4n) is 2.39. The Labute approximate surface area is 138 Å².